The Bertz CT molecular complexity index is 1390. The molecule has 1 heterocycles. The molecule has 0 bridgehead atoms. The Labute approximate surface area is 204 Å². The molecule has 0 atom stereocenters. The van der Waals surface area contributed by atoms with Crippen molar-refractivity contribution in [3.05, 3.63) is 83.8 Å². The number of halogens is 3. The first-order chi connectivity index (χ1) is 16.9. The number of nitrogens with zero attached hydrogens (tertiary/aromatic N) is 1. The van der Waals surface area contributed by atoms with E-state index in [0.29, 0.717) is 23.8 Å². The van der Waals surface area contributed by atoms with Crippen LogP contribution in [0.4, 0.5) is 13.2 Å². The summed E-state index contributed by atoms with van der Waals surface area (Å²) >= 11 is 0. The first-order valence-corrected chi connectivity index (χ1v) is 11.4. The van der Waals surface area contributed by atoms with Gasteiger partial charge in [-0.25, -0.2) is 35.2 Å². The van der Waals surface area contributed by atoms with Crippen LogP contribution in [0.2, 0.25) is 0 Å². The van der Waals surface area contributed by atoms with E-state index in [1.807, 2.05) is 0 Å². The Morgan fingerprint density at radius 3 is 2.14 bits per heavy atom. The van der Waals surface area contributed by atoms with Crippen LogP contribution in [0, 0.1) is 17.5 Å². The normalized spacial score (nSPS) is 11.1. The molecule has 0 aliphatic heterocycles. The molecule has 0 fully saturated rings. The number of hydrogen-bond donors (Lipinski definition) is 3. The first kappa shape index (κ1) is 28.1. The molecule has 0 saturated carbocycles. The van der Waals surface area contributed by atoms with Gasteiger partial charge in [-0.1, -0.05) is 6.07 Å². The molecule has 3 aromatic rings. The predicted molar refractivity (Wildman–Crippen MR) is 122 cm³/mol. The highest BCUT2D eigenvalue weighted by molar-refractivity contribution is 7.90. The van der Waals surface area contributed by atoms with Crippen molar-refractivity contribution >= 4 is 22.0 Å². The monoisotopic (exact) mass is 526 g/mol. The molecule has 0 radical (unpaired) electrons. The topological polar surface area (TPSA) is 135 Å². The zero-order valence-electron chi connectivity index (χ0n) is 18.9. The van der Waals surface area contributed by atoms with E-state index in [1.54, 1.807) is 7.05 Å². The summed E-state index contributed by atoms with van der Waals surface area (Å²) in [7, 11) is -1.32. The van der Waals surface area contributed by atoms with Gasteiger partial charge >= 0.3 is 11.9 Å². The van der Waals surface area contributed by atoms with Crippen LogP contribution >= 0.6 is 0 Å². The van der Waals surface area contributed by atoms with Gasteiger partial charge in [-0.3, -0.25) is 0 Å². The number of benzene rings is 2. The number of rotatable bonds is 8. The average molecular weight is 526 g/mol. The maximum Gasteiger partial charge on any atom is 0.328 e. The summed E-state index contributed by atoms with van der Waals surface area (Å²) in [5, 5.41) is 18.5. The van der Waals surface area contributed by atoms with Gasteiger partial charge in [0.15, 0.2) is 0 Å². The second kappa shape index (κ2) is 12.0. The summed E-state index contributed by atoms with van der Waals surface area (Å²) in [5.41, 5.74) is 0.152. The molecule has 9 nitrogen and oxygen atoms in total. The number of carboxylic acid groups (broad SMARTS) is 2. The Hall–Kier alpha value is -4.10. The molecule has 0 amide bonds. The summed E-state index contributed by atoms with van der Waals surface area (Å²) in [4.78, 5) is 18.8. The summed E-state index contributed by atoms with van der Waals surface area (Å²) in [5.74, 6) is -4.89. The molecular formula is C23H21F3N2O7S. The Morgan fingerprint density at radius 1 is 1.03 bits per heavy atom. The molecule has 2 aromatic carbocycles. The van der Waals surface area contributed by atoms with Crippen molar-refractivity contribution in [3.8, 4) is 17.0 Å². The van der Waals surface area contributed by atoms with Crippen LogP contribution < -0.4 is 10.1 Å². The largest absolute Gasteiger partial charge is 0.494 e. The van der Waals surface area contributed by atoms with E-state index in [2.05, 4.69) is 5.32 Å². The molecule has 13 heteroatoms. The lowest BCUT2D eigenvalue weighted by atomic mass is 10.1. The first-order valence-electron chi connectivity index (χ1n) is 9.95. The summed E-state index contributed by atoms with van der Waals surface area (Å²) in [6.45, 7) is 0.227. The number of hydrogen-bond acceptors (Lipinski definition) is 6. The lowest BCUT2D eigenvalue weighted by molar-refractivity contribution is -0.134. The number of nitrogens with one attached hydrogen (secondary N) is 1. The molecule has 0 saturated heterocycles. The van der Waals surface area contributed by atoms with Crippen LogP contribution in [0.1, 0.15) is 5.56 Å². The van der Waals surface area contributed by atoms with Crippen molar-refractivity contribution in [2.45, 2.75) is 11.4 Å². The SMILES string of the molecule is CNCc1cn(S(=O)(=O)c2cccc(F)c2)c(-c2ccc(F)cc2F)c1OC.O=C(O)/C=C/C(=O)O. The van der Waals surface area contributed by atoms with E-state index < -0.39 is 39.4 Å². The van der Waals surface area contributed by atoms with Crippen LogP contribution in [0.3, 0.4) is 0 Å². The highest BCUT2D eigenvalue weighted by Crippen LogP contribution is 2.39. The van der Waals surface area contributed by atoms with Crippen LogP contribution in [-0.4, -0.2) is 48.7 Å². The van der Waals surface area contributed by atoms with Crippen LogP contribution in [0.5, 0.6) is 5.75 Å². The van der Waals surface area contributed by atoms with E-state index in [1.165, 1.54) is 25.4 Å². The Balaban J connectivity index is 0.000000493. The average Bonchev–Trinajstić information content (AvgIpc) is 3.17. The van der Waals surface area contributed by atoms with Crippen LogP contribution in [0.15, 0.2) is 65.7 Å². The van der Waals surface area contributed by atoms with Crippen molar-refractivity contribution in [1.29, 1.82) is 0 Å². The van der Waals surface area contributed by atoms with E-state index >= 15 is 0 Å². The lowest BCUT2D eigenvalue weighted by Crippen LogP contribution is -2.14. The van der Waals surface area contributed by atoms with Crippen molar-refractivity contribution in [1.82, 2.24) is 9.29 Å². The van der Waals surface area contributed by atoms with Crippen molar-refractivity contribution in [2.75, 3.05) is 14.2 Å². The van der Waals surface area contributed by atoms with Gasteiger partial charge in [0.2, 0.25) is 0 Å². The maximum absolute atomic E-state index is 14.5. The number of aromatic nitrogens is 1. The van der Waals surface area contributed by atoms with Crippen LogP contribution in [-0.2, 0) is 26.2 Å². The Kier molecular flexibility index (Phi) is 9.41. The number of methoxy groups -OCH3 is 1. The van der Waals surface area contributed by atoms with Crippen LogP contribution in [0.25, 0.3) is 11.3 Å². The molecule has 1 aromatic heterocycles. The van der Waals surface area contributed by atoms with Gasteiger partial charge in [0.1, 0.15) is 28.9 Å². The standard InChI is InChI=1S/C19H17F3N2O3S.C4H4O4/c1-23-10-12-11-24(28(25,26)15-5-3-4-13(20)8-15)18(19(12)27-2)16-7-6-14(21)9-17(16)22;5-3(6)1-2-4(7)8/h3-9,11,23H,10H2,1-2H3;1-2H,(H,5,6)(H,7,8)/b;2-1+. The van der Waals surface area contributed by atoms with E-state index in [9.17, 15) is 31.2 Å². The minimum absolute atomic E-state index is 0.111. The van der Waals surface area contributed by atoms with Gasteiger partial charge in [-0.15, -0.1) is 0 Å². The van der Waals surface area contributed by atoms with Gasteiger partial charge in [-0.2, -0.15) is 0 Å². The maximum atomic E-state index is 14.5. The fourth-order valence-electron chi connectivity index (χ4n) is 3.06. The van der Waals surface area contributed by atoms with Gasteiger partial charge in [0.25, 0.3) is 10.0 Å². The molecule has 36 heavy (non-hydrogen) atoms. The number of carbonyl (C=O) groups is 2. The minimum atomic E-state index is -4.29. The third-order valence-corrected chi connectivity index (χ3v) is 6.13. The highest BCUT2D eigenvalue weighted by atomic mass is 32.2. The van der Waals surface area contributed by atoms with E-state index in [0.717, 1.165) is 28.2 Å². The third-order valence-electron chi connectivity index (χ3n) is 4.48. The zero-order chi connectivity index (χ0) is 27.0. The second-order valence-corrected chi connectivity index (χ2v) is 8.77. The van der Waals surface area contributed by atoms with Crippen molar-refractivity contribution in [2.24, 2.45) is 0 Å². The fourth-order valence-corrected chi connectivity index (χ4v) is 4.48. The fraction of sp³-hybridized carbons (Fsp3) is 0.130. The highest BCUT2D eigenvalue weighted by Gasteiger charge is 2.28. The Morgan fingerprint density at radius 2 is 1.64 bits per heavy atom. The third kappa shape index (κ3) is 6.73. The lowest BCUT2D eigenvalue weighted by Gasteiger charge is -2.13. The van der Waals surface area contributed by atoms with Gasteiger partial charge in [-0.05, 0) is 37.4 Å². The molecular weight excluding hydrogens is 505 g/mol. The molecule has 3 rings (SSSR count). The molecule has 0 aliphatic carbocycles. The molecule has 192 valence electrons. The molecule has 0 unspecified atom stereocenters. The van der Waals surface area contributed by atoms with Gasteiger partial charge < -0.3 is 20.3 Å². The molecule has 3 N–H and O–H groups in total. The zero-order valence-corrected chi connectivity index (χ0v) is 19.7. The number of ether oxygens (including phenoxy) is 1. The van der Waals surface area contributed by atoms with Gasteiger partial charge in [0.05, 0.1) is 12.0 Å². The second-order valence-electron chi connectivity index (χ2n) is 6.96. The number of carboxylic acids is 2. The van der Waals surface area contributed by atoms with Crippen molar-refractivity contribution in [3.63, 3.8) is 0 Å². The predicted octanol–water partition coefficient (Wildman–Crippen LogP) is 3.25. The molecule has 0 spiro atoms. The summed E-state index contributed by atoms with van der Waals surface area (Å²) in [6.07, 6.45) is 2.39. The minimum Gasteiger partial charge on any atom is -0.494 e. The smallest absolute Gasteiger partial charge is 0.328 e. The summed E-state index contributed by atoms with van der Waals surface area (Å²) < 4.78 is 74.0. The van der Waals surface area contributed by atoms with E-state index in [4.69, 9.17) is 14.9 Å². The number of aliphatic carboxylic acids is 2. The van der Waals surface area contributed by atoms with E-state index in [-0.39, 0.29) is 28.4 Å². The summed E-state index contributed by atoms with van der Waals surface area (Å²) in [6, 6.07) is 7.26. The van der Waals surface area contributed by atoms with Gasteiger partial charge in [0, 0.05) is 42.1 Å². The quantitative estimate of drug-likeness (QED) is 0.381. The molecule has 0 aliphatic rings. The van der Waals surface area contributed by atoms with Crippen molar-refractivity contribution < 1.29 is 46.1 Å².